The van der Waals surface area contributed by atoms with E-state index in [4.69, 9.17) is 9.84 Å². The number of morpholine rings is 1. The van der Waals surface area contributed by atoms with Gasteiger partial charge in [-0.25, -0.2) is 0 Å². The van der Waals surface area contributed by atoms with Gasteiger partial charge >= 0.3 is 0 Å². The monoisotopic (exact) mass is 143 g/mol. The van der Waals surface area contributed by atoms with E-state index in [9.17, 15) is 0 Å². The van der Waals surface area contributed by atoms with Gasteiger partial charge in [0.25, 0.3) is 0 Å². The molecule has 3 nitrogen and oxygen atoms in total. The summed E-state index contributed by atoms with van der Waals surface area (Å²) in [6.07, 6.45) is 2.36. The van der Waals surface area contributed by atoms with Crippen molar-refractivity contribution in [3.8, 4) is 0 Å². The number of hydrogen-bond acceptors (Lipinski definition) is 3. The van der Waals surface area contributed by atoms with Crippen LogP contribution in [0.4, 0.5) is 0 Å². The molecule has 1 saturated heterocycles. The third-order valence-corrected chi connectivity index (χ3v) is 2.25. The number of nitrogens with one attached hydrogen (secondary N) is 1. The van der Waals surface area contributed by atoms with E-state index in [1.54, 1.807) is 0 Å². The van der Waals surface area contributed by atoms with E-state index in [1.165, 1.54) is 0 Å². The van der Waals surface area contributed by atoms with E-state index in [-0.39, 0.29) is 18.3 Å². The molecule has 0 aromatic rings. The van der Waals surface area contributed by atoms with E-state index < -0.39 is 0 Å². The molecule has 0 aromatic carbocycles. The fraction of sp³-hybridized carbons (Fsp3) is 1.00. The van der Waals surface area contributed by atoms with Crippen LogP contribution in [0.2, 0.25) is 0 Å². The van der Waals surface area contributed by atoms with Gasteiger partial charge in [0.2, 0.25) is 0 Å². The third-order valence-electron chi connectivity index (χ3n) is 2.25. The average molecular weight is 143 g/mol. The van der Waals surface area contributed by atoms with Gasteiger partial charge < -0.3 is 15.2 Å². The molecular weight excluding hydrogens is 130 g/mol. The van der Waals surface area contributed by atoms with Crippen LogP contribution >= 0.6 is 0 Å². The van der Waals surface area contributed by atoms with Crippen molar-refractivity contribution in [2.24, 2.45) is 0 Å². The maximum atomic E-state index is 8.79. The van der Waals surface area contributed by atoms with Crippen molar-refractivity contribution in [1.29, 1.82) is 0 Å². The zero-order valence-corrected chi connectivity index (χ0v) is 5.97. The molecular formula is C7H13NO2. The Labute approximate surface area is 60.4 Å². The molecule has 2 rings (SSSR count). The van der Waals surface area contributed by atoms with Gasteiger partial charge in [0.05, 0.1) is 18.3 Å². The number of aliphatic hydroxyl groups is 1. The van der Waals surface area contributed by atoms with Gasteiger partial charge in [-0.1, -0.05) is 0 Å². The molecule has 0 aromatic heterocycles. The fourth-order valence-electron chi connectivity index (χ4n) is 1.43. The molecule has 1 saturated carbocycles. The average Bonchev–Trinajstić information content (AvgIpc) is 2.70. The summed E-state index contributed by atoms with van der Waals surface area (Å²) in [6.45, 7) is 1.93. The van der Waals surface area contributed by atoms with Gasteiger partial charge in [-0.05, 0) is 12.8 Å². The van der Waals surface area contributed by atoms with Crippen molar-refractivity contribution in [2.45, 2.75) is 24.5 Å². The second-order valence-corrected chi connectivity index (χ2v) is 3.24. The van der Waals surface area contributed by atoms with Crippen LogP contribution in [0.25, 0.3) is 0 Å². The zero-order valence-electron chi connectivity index (χ0n) is 5.97. The molecule has 2 aliphatic rings. The van der Waals surface area contributed by atoms with Gasteiger partial charge in [0.15, 0.2) is 0 Å². The lowest BCUT2D eigenvalue weighted by molar-refractivity contribution is -0.0755. The van der Waals surface area contributed by atoms with Crippen LogP contribution in [0.5, 0.6) is 0 Å². The summed E-state index contributed by atoms with van der Waals surface area (Å²) in [5.41, 5.74) is 0.131. The first-order valence-corrected chi connectivity index (χ1v) is 3.84. The Balaban J connectivity index is 1.91. The van der Waals surface area contributed by atoms with E-state index in [0.717, 1.165) is 25.9 Å². The number of aliphatic hydroxyl groups excluding tert-OH is 1. The molecule has 58 valence electrons. The number of hydrogen-bond donors (Lipinski definition) is 2. The van der Waals surface area contributed by atoms with Crippen molar-refractivity contribution in [1.82, 2.24) is 5.32 Å². The Kier molecular flexibility index (Phi) is 1.44. The first-order valence-electron chi connectivity index (χ1n) is 3.84. The first kappa shape index (κ1) is 6.58. The van der Waals surface area contributed by atoms with Crippen LogP contribution in [-0.2, 0) is 4.74 Å². The molecule has 0 unspecified atom stereocenters. The summed E-state index contributed by atoms with van der Waals surface area (Å²) >= 11 is 0. The molecule has 1 aliphatic carbocycles. The topological polar surface area (TPSA) is 41.5 Å². The highest BCUT2D eigenvalue weighted by atomic mass is 16.5. The van der Waals surface area contributed by atoms with Crippen molar-refractivity contribution >= 4 is 0 Å². The second-order valence-electron chi connectivity index (χ2n) is 3.24. The summed E-state index contributed by atoms with van der Waals surface area (Å²) in [6, 6.07) is 0. The van der Waals surface area contributed by atoms with Crippen LogP contribution in [0.1, 0.15) is 12.8 Å². The van der Waals surface area contributed by atoms with Gasteiger partial charge in [-0.15, -0.1) is 0 Å². The smallest absolute Gasteiger partial charge is 0.0937 e. The summed E-state index contributed by atoms with van der Waals surface area (Å²) in [7, 11) is 0. The van der Waals surface area contributed by atoms with Crippen molar-refractivity contribution in [2.75, 3.05) is 19.7 Å². The highest BCUT2D eigenvalue weighted by molar-refractivity contribution is 5.00. The van der Waals surface area contributed by atoms with Crippen molar-refractivity contribution in [3.63, 3.8) is 0 Å². The lowest BCUT2D eigenvalue weighted by Gasteiger charge is -2.29. The second kappa shape index (κ2) is 2.19. The molecule has 0 bridgehead atoms. The number of ether oxygens (including phenoxy) is 1. The van der Waals surface area contributed by atoms with E-state index >= 15 is 0 Å². The van der Waals surface area contributed by atoms with Gasteiger partial charge in [0.1, 0.15) is 0 Å². The minimum Gasteiger partial charge on any atom is -0.394 e. The standard InChI is InChI=1S/C7H13NO2/c9-4-6-3-8-5-7(10-6)1-2-7/h6,8-9H,1-5H2/t6-/m0/s1. The van der Waals surface area contributed by atoms with Crippen LogP contribution < -0.4 is 5.32 Å². The molecule has 0 amide bonds. The molecule has 2 fully saturated rings. The van der Waals surface area contributed by atoms with Crippen molar-refractivity contribution in [3.05, 3.63) is 0 Å². The molecule has 3 heteroatoms. The Morgan fingerprint density at radius 2 is 2.40 bits per heavy atom. The summed E-state index contributed by atoms with van der Waals surface area (Å²) in [4.78, 5) is 0. The van der Waals surface area contributed by atoms with E-state index in [2.05, 4.69) is 5.32 Å². The summed E-state index contributed by atoms with van der Waals surface area (Å²) in [5.74, 6) is 0. The molecule has 0 radical (unpaired) electrons. The van der Waals surface area contributed by atoms with Gasteiger partial charge in [0, 0.05) is 13.1 Å². The highest BCUT2D eigenvalue weighted by Crippen LogP contribution is 2.41. The van der Waals surface area contributed by atoms with E-state index in [1.807, 2.05) is 0 Å². The predicted octanol–water partition coefficient (Wildman–Crippen LogP) is -0.500. The van der Waals surface area contributed by atoms with Crippen molar-refractivity contribution < 1.29 is 9.84 Å². The molecule has 1 atom stereocenters. The minimum atomic E-state index is 0.0382. The van der Waals surface area contributed by atoms with Gasteiger partial charge in [-0.3, -0.25) is 0 Å². The lowest BCUT2D eigenvalue weighted by Crippen LogP contribution is -2.47. The maximum Gasteiger partial charge on any atom is 0.0937 e. The largest absolute Gasteiger partial charge is 0.394 e. The SMILES string of the molecule is OC[C@@H]1CNCC2(CC2)O1. The molecule has 1 heterocycles. The first-order chi connectivity index (χ1) is 4.85. The third kappa shape index (κ3) is 1.05. The minimum absolute atomic E-state index is 0.0382. The van der Waals surface area contributed by atoms with Crippen LogP contribution in [0, 0.1) is 0 Å². The van der Waals surface area contributed by atoms with Crippen LogP contribution in [0.15, 0.2) is 0 Å². The molecule has 1 spiro atoms. The highest BCUT2D eigenvalue weighted by Gasteiger charge is 2.47. The summed E-state index contributed by atoms with van der Waals surface area (Å²) in [5, 5.41) is 12.0. The summed E-state index contributed by atoms with van der Waals surface area (Å²) < 4.78 is 5.62. The lowest BCUT2D eigenvalue weighted by atomic mass is 10.2. The normalized spacial score (nSPS) is 36.3. The van der Waals surface area contributed by atoms with Crippen LogP contribution in [-0.4, -0.2) is 36.5 Å². The molecule has 2 N–H and O–H groups in total. The van der Waals surface area contributed by atoms with E-state index in [0.29, 0.717) is 0 Å². The fourth-order valence-corrected chi connectivity index (χ4v) is 1.43. The Morgan fingerprint density at radius 1 is 1.60 bits per heavy atom. The Bertz CT molecular complexity index is 134. The Hall–Kier alpha value is -0.120. The quantitative estimate of drug-likeness (QED) is 0.520. The predicted molar refractivity (Wildman–Crippen MR) is 36.8 cm³/mol. The molecule has 1 aliphatic heterocycles. The molecule has 10 heavy (non-hydrogen) atoms. The maximum absolute atomic E-state index is 8.79. The van der Waals surface area contributed by atoms with Crippen LogP contribution in [0.3, 0.4) is 0 Å². The zero-order chi connectivity index (χ0) is 7.03. The Morgan fingerprint density at radius 3 is 3.00 bits per heavy atom. The number of rotatable bonds is 1. The van der Waals surface area contributed by atoms with Gasteiger partial charge in [-0.2, -0.15) is 0 Å².